The molecule has 0 spiro atoms. The lowest BCUT2D eigenvalue weighted by atomic mass is 10.0. The molecule has 2 aromatic rings. The number of hydrogen-bond donors (Lipinski definition) is 1. The van der Waals surface area contributed by atoms with Crippen molar-refractivity contribution in [2.75, 3.05) is 18.8 Å². The molecule has 0 aliphatic carbocycles. The molecule has 2 N–H and O–H groups in total. The summed E-state index contributed by atoms with van der Waals surface area (Å²) in [6, 6.07) is 13.3. The third-order valence-electron chi connectivity index (χ3n) is 4.04. The Balaban J connectivity index is 1.54. The molecule has 0 bridgehead atoms. The van der Waals surface area contributed by atoms with Crippen molar-refractivity contribution in [3.8, 4) is 0 Å². The number of nitrogens with zero attached hydrogens (tertiary/aromatic N) is 3. The van der Waals surface area contributed by atoms with Crippen LogP contribution in [0.4, 0.5) is 5.82 Å². The van der Waals surface area contributed by atoms with Gasteiger partial charge in [-0.1, -0.05) is 30.3 Å². The quantitative estimate of drug-likeness (QED) is 0.908. The first-order valence-corrected chi connectivity index (χ1v) is 7.41. The Labute approximate surface area is 120 Å². The molecule has 1 aromatic carbocycles. The van der Waals surface area contributed by atoms with Crippen LogP contribution in [0.1, 0.15) is 30.9 Å². The van der Waals surface area contributed by atoms with Crippen molar-refractivity contribution in [1.82, 2.24) is 14.7 Å². The van der Waals surface area contributed by atoms with Gasteiger partial charge in [0.25, 0.3) is 0 Å². The van der Waals surface area contributed by atoms with E-state index in [-0.39, 0.29) is 0 Å². The van der Waals surface area contributed by atoms with Crippen molar-refractivity contribution in [3.05, 3.63) is 48.2 Å². The Hall–Kier alpha value is -1.81. The van der Waals surface area contributed by atoms with E-state index in [0.717, 1.165) is 19.5 Å². The Morgan fingerprint density at radius 2 is 2.00 bits per heavy atom. The minimum atomic E-state index is 0.596. The van der Waals surface area contributed by atoms with E-state index in [4.69, 9.17) is 5.73 Å². The van der Waals surface area contributed by atoms with E-state index < -0.39 is 0 Å². The first-order valence-electron chi connectivity index (χ1n) is 7.41. The summed E-state index contributed by atoms with van der Waals surface area (Å²) in [4.78, 5) is 2.60. The average molecular weight is 270 g/mol. The lowest BCUT2D eigenvalue weighted by Gasteiger charge is -2.24. The molecule has 1 atom stereocenters. The highest BCUT2D eigenvalue weighted by atomic mass is 15.3. The van der Waals surface area contributed by atoms with Gasteiger partial charge in [-0.05, 0) is 37.4 Å². The second-order valence-corrected chi connectivity index (χ2v) is 5.46. The topological polar surface area (TPSA) is 47.1 Å². The summed E-state index contributed by atoms with van der Waals surface area (Å²) < 4.78 is 1.93. The fourth-order valence-corrected chi connectivity index (χ4v) is 3.08. The summed E-state index contributed by atoms with van der Waals surface area (Å²) >= 11 is 0. The van der Waals surface area contributed by atoms with E-state index in [1.807, 2.05) is 16.9 Å². The molecule has 1 fully saturated rings. The van der Waals surface area contributed by atoms with Crippen molar-refractivity contribution < 1.29 is 0 Å². The number of rotatable bonds is 5. The zero-order chi connectivity index (χ0) is 13.8. The molecule has 0 radical (unpaired) electrons. The molecule has 0 saturated carbocycles. The Morgan fingerprint density at radius 3 is 2.75 bits per heavy atom. The molecule has 4 nitrogen and oxygen atoms in total. The van der Waals surface area contributed by atoms with E-state index in [0.29, 0.717) is 11.9 Å². The molecular formula is C16H22N4. The number of hydrogen-bond acceptors (Lipinski definition) is 3. The zero-order valence-electron chi connectivity index (χ0n) is 11.8. The van der Waals surface area contributed by atoms with Crippen LogP contribution >= 0.6 is 0 Å². The maximum absolute atomic E-state index is 5.63. The lowest BCUT2D eigenvalue weighted by Crippen LogP contribution is -2.25. The van der Waals surface area contributed by atoms with Gasteiger partial charge in [-0.15, -0.1) is 0 Å². The van der Waals surface area contributed by atoms with Gasteiger partial charge < -0.3 is 5.73 Å². The summed E-state index contributed by atoms with van der Waals surface area (Å²) in [6.07, 6.45) is 5.64. The molecule has 1 aliphatic heterocycles. The van der Waals surface area contributed by atoms with Gasteiger partial charge in [-0.3, -0.25) is 9.58 Å². The van der Waals surface area contributed by atoms with Crippen molar-refractivity contribution in [2.24, 2.45) is 0 Å². The van der Waals surface area contributed by atoms with Gasteiger partial charge in [-0.25, -0.2) is 0 Å². The van der Waals surface area contributed by atoms with Crippen molar-refractivity contribution in [1.29, 1.82) is 0 Å². The molecule has 1 unspecified atom stereocenters. The number of likely N-dealkylation sites (tertiary alicyclic amines) is 1. The normalized spacial score (nSPS) is 19.5. The van der Waals surface area contributed by atoms with Gasteiger partial charge in [0.1, 0.15) is 5.82 Å². The van der Waals surface area contributed by atoms with Crippen molar-refractivity contribution in [2.45, 2.75) is 31.8 Å². The average Bonchev–Trinajstić information content (AvgIpc) is 3.09. The van der Waals surface area contributed by atoms with Gasteiger partial charge in [0.05, 0.1) is 0 Å². The number of aromatic nitrogens is 2. The molecule has 1 aliphatic rings. The van der Waals surface area contributed by atoms with Crippen LogP contribution in [0, 0.1) is 0 Å². The van der Waals surface area contributed by atoms with Crippen molar-refractivity contribution >= 4 is 5.82 Å². The van der Waals surface area contributed by atoms with Gasteiger partial charge in [-0.2, -0.15) is 5.10 Å². The first kappa shape index (κ1) is 13.2. The van der Waals surface area contributed by atoms with Gasteiger partial charge in [0.15, 0.2) is 0 Å². The molecule has 2 heterocycles. The Morgan fingerprint density at radius 1 is 1.15 bits per heavy atom. The van der Waals surface area contributed by atoms with Crippen LogP contribution in [0.2, 0.25) is 0 Å². The van der Waals surface area contributed by atoms with E-state index in [9.17, 15) is 0 Å². The minimum Gasteiger partial charge on any atom is -0.382 e. The molecule has 20 heavy (non-hydrogen) atoms. The van der Waals surface area contributed by atoms with Crippen LogP contribution in [0.15, 0.2) is 42.6 Å². The second kappa shape index (κ2) is 6.09. The predicted octanol–water partition coefficient (Wildman–Crippen LogP) is 2.69. The fourth-order valence-electron chi connectivity index (χ4n) is 3.08. The first-order chi connectivity index (χ1) is 9.83. The fraction of sp³-hybridized carbons (Fsp3) is 0.438. The van der Waals surface area contributed by atoms with Crippen LogP contribution in [0.25, 0.3) is 0 Å². The smallest absolute Gasteiger partial charge is 0.145 e. The van der Waals surface area contributed by atoms with Crippen LogP contribution in [-0.4, -0.2) is 27.8 Å². The standard InChI is InChI=1S/C16H22N4/c17-16-9-13-20(18-16)12-5-11-19-10-4-8-15(19)14-6-2-1-3-7-14/h1-3,6-7,9,13,15H,4-5,8,10-12H2,(H2,17,18). The third kappa shape index (κ3) is 3.02. The monoisotopic (exact) mass is 270 g/mol. The number of anilines is 1. The van der Waals surface area contributed by atoms with Crippen LogP contribution in [0.3, 0.4) is 0 Å². The summed E-state index contributed by atoms with van der Waals surface area (Å²) in [7, 11) is 0. The third-order valence-corrected chi connectivity index (χ3v) is 4.04. The van der Waals surface area contributed by atoms with E-state index in [1.165, 1.54) is 24.9 Å². The van der Waals surface area contributed by atoms with E-state index in [2.05, 4.69) is 40.3 Å². The summed E-state index contributed by atoms with van der Waals surface area (Å²) in [5.74, 6) is 0.605. The highest BCUT2D eigenvalue weighted by Gasteiger charge is 2.24. The molecule has 3 rings (SSSR count). The number of nitrogen functional groups attached to an aromatic ring is 1. The number of benzene rings is 1. The second-order valence-electron chi connectivity index (χ2n) is 5.46. The van der Waals surface area contributed by atoms with Crippen LogP contribution in [-0.2, 0) is 6.54 Å². The summed E-state index contributed by atoms with van der Waals surface area (Å²) in [5, 5.41) is 4.23. The Bertz CT molecular complexity index is 534. The van der Waals surface area contributed by atoms with E-state index >= 15 is 0 Å². The molecule has 106 valence electrons. The molecule has 1 aromatic heterocycles. The largest absolute Gasteiger partial charge is 0.382 e. The van der Waals surface area contributed by atoms with E-state index in [1.54, 1.807) is 0 Å². The number of aryl methyl sites for hydroxylation is 1. The van der Waals surface area contributed by atoms with Gasteiger partial charge in [0.2, 0.25) is 0 Å². The molecular weight excluding hydrogens is 248 g/mol. The van der Waals surface area contributed by atoms with Gasteiger partial charge >= 0.3 is 0 Å². The summed E-state index contributed by atoms with van der Waals surface area (Å²) in [5.41, 5.74) is 7.08. The van der Waals surface area contributed by atoms with Crippen LogP contribution in [0.5, 0.6) is 0 Å². The maximum atomic E-state index is 5.63. The zero-order valence-corrected chi connectivity index (χ0v) is 11.8. The minimum absolute atomic E-state index is 0.596. The molecule has 4 heteroatoms. The molecule has 1 saturated heterocycles. The predicted molar refractivity (Wildman–Crippen MR) is 81.2 cm³/mol. The maximum Gasteiger partial charge on any atom is 0.145 e. The SMILES string of the molecule is Nc1ccn(CCCN2CCCC2c2ccccc2)n1. The highest BCUT2D eigenvalue weighted by Crippen LogP contribution is 2.31. The summed E-state index contributed by atoms with van der Waals surface area (Å²) in [6.45, 7) is 3.27. The number of nitrogens with two attached hydrogens (primary N) is 1. The lowest BCUT2D eigenvalue weighted by molar-refractivity contribution is 0.248. The van der Waals surface area contributed by atoms with Gasteiger partial charge in [0, 0.05) is 25.3 Å². The molecule has 0 amide bonds. The Kier molecular flexibility index (Phi) is 4.02. The van der Waals surface area contributed by atoms with Crippen molar-refractivity contribution in [3.63, 3.8) is 0 Å². The van der Waals surface area contributed by atoms with Crippen LogP contribution < -0.4 is 5.73 Å². The highest BCUT2D eigenvalue weighted by molar-refractivity contribution is 5.23.